The van der Waals surface area contributed by atoms with Crippen LogP contribution in [0.2, 0.25) is 0 Å². The number of alkyl halides is 2. The van der Waals surface area contributed by atoms with Crippen molar-refractivity contribution in [3.63, 3.8) is 0 Å². The maximum absolute atomic E-state index is 14.5. The van der Waals surface area contributed by atoms with Crippen LogP contribution < -0.4 is 28.4 Å². The van der Waals surface area contributed by atoms with E-state index < -0.39 is 30.2 Å². The molecule has 0 aliphatic carbocycles. The van der Waals surface area contributed by atoms with Crippen LogP contribution in [0, 0.1) is 0 Å². The highest BCUT2D eigenvalue weighted by Gasteiger charge is 2.46. The molecule has 5 aromatic carbocycles. The smallest absolute Gasteiger partial charge is 0.423 e. The molecular formula is C39H24F2O10. The zero-order chi connectivity index (χ0) is 36.1. The summed E-state index contributed by atoms with van der Waals surface area (Å²) < 4.78 is 59.5. The van der Waals surface area contributed by atoms with Gasteiger partial charge in [-0.25, -0.2) is 19.2 Å². The van der Waals surface area contributed by atoms with E-state index in [4.69, 9.17) is 28.4 Å². The molecule has 1 aliphatic rings. The summed E-state index contributed by atoms with van der Waals surface area (Å²) in [7, 11) is 0. The zero-order valence-corrected chi connectivity index (χ0v) is 26.3. The van der Waals surface area contributed by atoms with Gasteiger partial charge in [-0.3, -0.25) is 0 Å². The molecular weight excluding hydrogens is 666 g/mol. The van der Waals surface area contributed by atoms with Crippen molar-refractivity contribution in [3.8, 4) is 56.8 Å². The largest absolute Gasteiger partial charge is 0.586 e. The Hall–Kier alpha value is -7.08. The Morgan fingerprint density at radius 3 is 1.12 bits per heavy atom. The number of esters is 4. The maximum Gasteiger partial charge on any atom is 0.586 e. The summed E-state index contributed by atoms with van der Waals surface area (Å²) in [4.78, 5) is 48.2. The number of benzene rings is 5. The number of ether oxygens (including phenoxy) is 6. The quantitative estimate of drug-likeness (QED) is 0.0810. The summed E-state index contributed by atoms with van der Waals surface area (Å²) in [6.07, 6.45) is -1.91. The number of carbonyl (C=O) groups is 4. The third-order valence-corrected chi connectivity index (χ3v) is 7.26. The van der Waals surface area contributed by atoms with Crippen molar-refractivity contribution < 1.29 is 56.4 Å². The van der Waals surface area contributed by atoms with Crippen LogP contribution in [-0.4, -0.2) is 30.2 Å². The Kier molecular flexibility index (Phi) is 9.40. The van der Waals surface area contributed by atoms with E-state index in [0.717, 1.165) is 12.2 Å². The molecule has 0 amide bonds. The molecule has 0 saturated carbocycles. The summed E-state index contributed by atoms with van der Waals surface area (Å²) in [5.41, 5.74) is 1.83. The van der Waals surface area contributed by atoms with Crippen LogP contribution >= 0.6 is 0 Å². The van der Waals surface area contributed by atoms with Gasteiger partial charge in [0.25, 0.3) is 0 Å². The first-order valence-electron chi connectivity index (χ1n) is 15.0. The molecule has 10 nitrogen and oxygen atoms in total. The van der Waals surface area contributed by atoms with Crippen molar-refractivity contribution in [1.82, 2.24) is 0 Å². The van der Waals surface area contributed by atoms with E-state index in [-0.39, 0.29) is 56.8 Å². The van der Waals surface area contributed by atoms with E-state index in [1.54, 1.807) is 36.4 Å². The van der Waals surface area contributed by atoms with Crippen LogP contribution in [0.15, 0.2) is 135 Å². The second-order valence-electron chi connectivity index (χ2n) is 10.6. The van der Waals surface area contributed by atoms with Gasteiger partial charge in [0.15, 0.2) is 11.5 Å². The van der Waals surface area contributed by atoms with E-state index in [0.29, 0.717) is 11.1 Å². The Morgan fingerprint density at radius 2 is 0.804 bits per heavy atom. The monoisotopic (exact) mass is 690 g/mol. The first-order chi connectivity index (χ1) is 24.5. The molecule has 0 bridgehead atoms. The minimum Gasteiger partial charge on any atom is -0.423 e. The summed E-state index contributed by atoms with van der Waals surface area (Å²) in [5, 5.41) is 0. The number of hydrogen-bond donors (Lipinski definition) is 0. The number of hydrogen-bond acceptors (Lipinski definition) is 10. The van der Waals surface area contributed by atoms with Crippen LogP contribution in [0.3, 0.4) is 0 Å². The predicted molar refractivity (Wildman–Crippen MR) is 178 cm³/mol. The van der Waals surface area contributed by atoms with Gasteiger partial charge in [-0.2, -0.15) is 0 Å². The van der Waals surface area contributed by atoms with E-state index >= 15 is 0 Å². The zero-order valence-electron chi connectivity index (χ0n) is 26.3. The van der Waals surface area contributed by atoms with E-state index in [9.17, 15) is 28.0 Å². The van der Waals surface area contributed by atoms with Crippen LogP contribution in [0.5, 0.6) is 34.5 Å². The summed E-state index contributed by atoms with van der Waals surface area (Å²) in [6.45, 7) is 6.65. The SMILES string of the molecule is C=CC(=O)Oc1ccc(OC(=O)c2ccc(-c3ccc(-c4ccc(C(=O)Oc5ccc(OC(=O)C=C)cc5)cc4)c4c3OC(F)(F)O4)cc2)cc1. The van der Waals surface area contributed by atoms with Gasteiger partial charge < -0.3 is 28.4 Å². The molecule has 1 aliphatic heterocycles. The van der Waals surface area contributed by atoms with E-state index in [1.807, 2.05) is 0 Å². The van der Waals surface area contributed by atoms with Crippen LogP contribution in [0.25, 0.3) is 22.3 Å². The fourth-order valence-corrected chi connectivity index (χ4v) is 4.85. The predicted octanol–water partition coefficient (Wildman–Crippen LogP) is 7.96. The molecule has 12 heteroatoms. The molecule has 254 valence electrons. The Bertz CT molecular complexity index is 2000. The number of halogens is 2. The first kappa shape index (κ1) is 33.8. The fourth-order valence-electron chi connectivity index (χ4n) is 4.85. The molecule has 0 N–H and O–H groups in total. The minimum atomic E-state index is -3.94. The average Bonchev–Trinajstić information content (AvgIpc) is 3.47. The van der Waals surface area contributed by atoms with Crippen molar-refractivity contribution in [2.24, 2.45) is 0 Å². The van der Waals surface area contributed by atoms with Gasteiger partial charge in [0.05, 0.1) is 11.1 Å². The minimum absolute atomic E-state index is 0.182. The summed E-state index contributed by atoms with van der Waals surface area (Å²) in [6, 6.07) is 26.8. The number of carbonyl (C=O) groups excluding carboxylic acids is 4. The molecule has 1 heterocycles. The molecule has 0 unspecified atom stereocenters. The van der Waals surface area contributed by atoms with Gasteiger partial charge >= 0.3 is 30.2 Å². The standard InChI is InChI=1S/C39H24F2O10/c1-3-33(42)46-27-13-17-29(18-14-27)48-37(44)25-9-5-23(6-10-25)31-21-22-32(36-35(31)50-39(40,41)51-36)24-7-11-26(12-8-24)38(45)49-30-19-15-28(16-20-30)47-34(43)4-2/h3-22H,1-2H2. The molecule has 0 fully saturated rings. The van der Waals surface area contributed by atoms with E-state index in [1.165, 1.54) is 72.8 Å². The molecule has 6 rings (SSSR count). The lowest BCUT2D eigenvalue weighted by atomic mass is 9.97. The lowest BCUT2D eigenvalue weighted by Crippen LogP contribution is -2.26. The van der Waals surface area contributed by atoms with Gasteiger partial charge in [-0.15, -0.1) is 8.78 Å². The number of fused-ring (bicyclic) bond motifs is 1. The second kappa shape index (κ2) is 14.2. The third kappa shape index (κ3) is 7.81. The summed E-state index contributed by atoms with van der Waals surface area (Å²) in [5.74, 6) is -2.16. The fraction of sp³-hybridized carbons (Fsp3) is 0.0256. The normalized spacial score (nSPS) is 12.3. The second-order valence-corrected chi connectivity index (χ2v) is 10.6. The molecule has 0 aromatic heterocycles. The summed E-state index contributed by atoms with van der Waals surface area (Å²) >= 11 is 0. The van der Waals surface area contributed by atoms with Crippen molar-refractivity contribution in [3.05, 3.63) is 146 Å². The molecule has 0 spiro atoms. The van der Waals surface area contributed by atoms with Gasteiger partial charge in [-0.1, -0.05) is 37.4 Å². The average molecular weight is 691 g/mol. The van der Waals surface area contributed by atoms with Gasteiger partial charge in [-0.05, 0) is 96.1 Å². The van der Waals surface area contributed by atoms with Crippen LogP contribution in [-0.2, 0) is 9.59 Å². The van der Waals surface area contributed by atoms with Crippen LogP contribution in [0.1, 0.15) is 20.7 Å². The third-order valence-electron chi connectivity index (χ3n) is 7.26. The molecule has 0 saturated heterocycles. The Morgan fingerprint density at radius 1 is 0.490 bits per heavy atom. The van der Waals surface area contributed by atoms with Crippen molar-refractivity contribution >= 4 is 23.9 Å². The Labute approximate surface area is 288 Å². The highest BCUT2D eigenvalue weighted by atomic mass is 19.3. The molecule has 51 heavy (non-hydrogen) atoms. The first-order valence-corrected chi connectivity index (χ1v) is 15.0. The van der Waals surface area contributed by atoms with Gasteiger partial charge in [0.2, 0.25) is 0 Å². The highest BCUT2D eigenvalue weighted by Crippen LogP contribution is 2.52. The Balaban J connectivity index is 1.16. The maximum atomic E-state index is 14.5. The van der Waals surface area contributed by atoms with Crippen LogP contribution in [0.4, 0.5) is 8.78 Å². The number of rotatable bonds is 10. The van der Waals surface area contributed by atoms with Crippen molar-refractivity contribution in [1.29, 1.82) is 0 Å². The molecule has 5 aromatic rings. The van der Waals surface area contributed by atoms with Crippen molar-refractivity contribution in [2.45, 2.75) is 6.29 Å². The van der Waals surface area contributed by atoms with Crippen molar-refractivity contribution in [2.75, 3.05) is 0 Å². The molecule has 0 atom stereocenters. The highest BCUT2D eigenvalue weighted by molar-refractivity contribution is 5.93. The van der Waals surface area contributed by atoms with Gasteiger partial charge in [0, 0.05) is 23.3 Å². The van der Waals surface area contributed by atoms with E-state index in [2.05, 4.69) is 13.2 Å². The van der Waals surface area contributed by atoms with Gasteiger partial charge in [0.1, 0.15) is 23.0 Å². The molecule has 0 radical (unpaired) electrons. The lowest BCUT2D eigenvalue weighted by Gasteiger charge is -2.11. The topological polar surface area (TPSA) is 124 Å². The lowest BCUT2D eigenvalue weighted by molar-refractivity contribution is -0.286.